The maximum Gasteiger partial charge on any atom is 0.428 e. The van der Waals surface area contributed by atoms with E-state index in [-0.39, 0.29) is 12.6 Å². The standard InChI is InChI=1S/C35H40N2O8/c1-32(2,3)44-30(38)37(31(39)45-33(4,5)6)29-36-35(23-43-29)27-19-26(15-16-28(27)42-22-34(35)20-41-21-34)25-14-10-8-9-12-24(18-25)13-11-17-40-7/h8-10,12,14-16,18-19H,17,20-23H2,1-7H3/b9-8?,10-8+,12-9?,14-10?,24-12?,24-18?,25-14+,25-18?. The molecule has 238 valence electrons. The number of amides is 2. The van der Waals surface area contributed by atoms with E-state index in [2.05, 4.69) is 11.8 Å². The minimum absolute atomic E-state index is 0.0544. The van der Waals surface area contributed by atoms with Crippen LogP contribution < -0.4 is 4.74 Å². The topological polar surface area (TPSA) is 105 Å². The Hall–Kier alpha value is -4.33. The molecule has 2 amide bonds. The number of ether oxygens (including phenoxy) is 6. The van der Waals surface area contributed by atoms with Gasteiger partial charge in [0.1, 0.15) is 42.3 Å². The van der Waals surface area contributed by atoms with E-state index < -0.39 is 34.3 Å². The van der Waals surface area contributed by atoms with Crippen LogP contribution in [0, 0.1) is 17.3 Å². The molecule has 1 atom stereocenters. The van der Waals surface area contributed by atoms with Gasteiger partial charge in [0.2, 0.25) is 0 Å². The number of benzene rings is 1. The number of fused-ring (bicyclic) bond motifs is 3. The van der Waals surface area contributed by atoms with Gasteiger partial charge in [0.15, 0.2) is 0 Å². The Morgan fingerprint density at radius 2 is 1.67 bits per heavy atom. The lowest BCUT2D eigenvalue weighted by Crippen LogP contribution is -2.63. The third kappa shape index (κ3) is 6.70. The van der Waals surface area contributed by atoms with Crippen LogP contribution in [-0.2, 0) is 29.2 Å². The molecule has 1 unspecified atom stereocenters. The number of amidine groups is 1. The Labute approximate surface area is 264 Å². The van der Waals surface area contributed by atoms with Crippen LogP contribution in [0.2, 0.25) is 0 Å². The summed E-state index contributed by atoms with van der Waals surface area (Å²) in [5.74, 6) is 6.80. The van der Waals surface area contributed by atoms with Crippen LogP contribution in [0.15, 0.2) is 65.2 Å². The molecule has 0 saturated carbocycles. The fraction of sp³-hybridized carbons (Fsp3) is 0.457. The van der Waals surface area contributed by atoms with Gasteiger partial charge in [0.25, 0.3) is 0 Å². The Morgan fingerprint density at radius 1 is 0.956 bits per heavy atom. The molecule has 1 aromatic carbocycles. The lowest BCUT2D eigenvalue weighted by atomic mass is 9.64. The first-order chi connectivity index (χ1) is 21.3. The van der Waals surface area contributed by atoms with E-state index in [1.807, 2.05) is 54.7 Å². The molecule has 1 aromatic rings. The number of carbonyl (C=O) groups is 2. The van der Waals surface area contributed by atoms with Gasteiger partial charge in [-0.2, -0.15) is 0 Å². The highest BCUT2D eigenvalue weighted by Gasteiger charge is 2.65. The zero-order chi connectivity index (χ0) is 32.5. The molecule has 0 aromatic heterocycles. The van der Waals surface area contributed by atoms with Crippen LogP contribution in [0.3, 0.4) is 0 Å². The van der Waals surface area contributed by atoms with Gasteiger partial charge in [-0.05, 0) is 77.0 Å². The number of hydrogen-bond acceptors (Lipinski definition) is 9. The van der Waals surface area contributed by atoms with Crippen LogP contribution in [0.5, 0.6) is 5.75 Å². The Balaban J connectivity index is 1.61. The molecule has 0 radical (unpaired) electrons. The van der Waals surface area contributed by atoms with Gasteiger partial charge < -0.3 is 28.4 Å². The Bertz CT molecular complexity index is 1540. The van der Waals surface area contributed by atoms with Crippen molar-refractivity contribution in [2.24, 2.45) is 10.4 Å². The number of hydrogen-bond donors (Lipinski definition) is 0. The summed E-state index contributed by atoms with van der Waals surface area (Å²) in [5.41, 5.74) is 0.0465. The van der Waals surface area contributed by atoms with E-state index in [0.29, 0.717) is 32.2 Å². The zero-order valence-corrected chi connectivity index (χ0v) is 26.9. The monoisotopic (exact) mass is 616 g/mol. The van der Waals surface area contributed by atoms with Crippen LogP contribution in [0.4, 0.5) is 9.59 Å². The number of aliphatic imine (C=N–C) groups is 1. The third-order valence-corrected chi connectivity index (χ3v) is 7.47. The third-order valence-electron chi connectivity index (χ3n) is 7.47. The first-order valence-electron chi connectivity index (χ1n) is 14.8. The molecular weight excluding hydrogens is 576 g/mol. The van der Waals surface area contributed by atoms with Gasteiger partial charge in [-0.15, -0.1) is 4.90 Å². The summed E-state index contributed by atoms with van der Waals surface area (Å²) in [6, 6.07) is 5.72. The van der Waals surface area contributed by atoms with Crippen molar-refractivity contribution in [3.05, 3.63) is 71.4 Å². The number of imide groups is 1. The van der Waals surface area contributed by atoms with Gasteiger partial charge in [-0.25, -0.2) is 14.6 Å². The molecule has 1 fully saturated rings. The summed E-state index contributed by atoms with van der Waals surface area (Å²) in [6.45, 7) is 11.7. The van der Waals surface area contributed by atoms with Crippen molar-refractivity contribution in [3.8, 4) is 17.6 Å². The molecule has 3 heterocycles. The normalized spacial score (nSPS) is 23.2. The largest absolute Gasteiger partial charge is 0.492 e. The summed E-state index contributed by atoms with van der Waals surface area (Å²) >= 11 is 0. The average Bonchev–Trinajstić information content (AvgIpc) is 3.32. The number of methoxy groups -OCH3 is 1. The molecule has 45 heavy (non-hydrogen) atoms. The first kappa shape index (κ1) is 32.1. The molecule has 10 heteroatoms. The lowest BCUT2D eigenvalue weighted by molar-refractivity contribution is -0.185. The lowest BCUT2D eigenvalue weighted by Gasteiger charge is -2.53. The smallest absolute Gasteiger partial charge is 0.428 e. The fourth-order valence-electron chi connectivity index (χ4n) is 5.33. The maximum atomic E-state index is 13.4. The minimum Gasteiger partial charge on any atom is -0.492 e. The van der Waals surface area contributed by atoms with Crippen LogP contribution in [0.1, 0.15) is 52.7 Å². The SMILES string of the molecule is COCC#CC1=C/C(c2ccc3c(c2)C2(COC(N(C(=O)OC(C)(C)C)C(=O)OC(C)(C)C)=N2)C2(COC2)CO3)=C\C=C\C=C1. The summed E-state index contributed by atoms with van der Waals surface area (Å²) < 4.78 is 34.4. The molecule has 3 aliphatic heterocycles. The van der Waals surface area contributed by atoms with E-state index >= 15 is 0 Å². The van der Waals surface area contributed by atoms with Gasteiger partial charge in [0, 0.05) is 18.2 Å². The van der Waals surface area contributed by atoms with E-state index in [9.17, 15) is 9.59 Å². The molecule has 1 aliphatic carbocycles. The van der Waals surface area contributed by atoms with E-state index in [4.69, 9.17) is 33.4 Å². The van der Waals surface area contributed by atoms with Crippen LogP contribution >= 0.6 is 0 Å². The van der Waals surface area contributed by atoms with E-state index in [0.717, 1.165) is 27.2 Å². The molecule has 0 N–H and O–H groups in total. The molecule has 4 aliphatic rings. The fourth-order valence-corrected chi connectivity index (χ4v) is 5.33. The molecule has 0 bridgehead atoms. The molecule has 5 rings (SSSR count). The molecule has 10 nitrogen and oxygen atoms in total. The number of carbonyl (C=O) groups excluding carboxylic acids is 2. The van der Waals surface area contributed by atoms with Gasteiger partial charge in [0.05, 0.1) is 18.6 Å². The second-order valence-electron chi connectivity index (χ2n) is 13.3. The Morgan fingerprint density at radius 3 is 2.29 bits per heavy atom. The summed E-state index contributed by atoms with van der Waals surface area (Å²) in [6.07, 6.45) is 9.91. The van der Waals surface area contributed by atoms with E-state index in [1.54, 1.807) is 48.7 Å². The predicted molar refractivity (Wildman–Crippen MR) is 169 cm³/mol. The van der Waals surface area contributed by atoms with Crippen molar-refractivity contribution in [1.82, 2.24) is 4.90 Å². The van der Waals surface area contributed by atoms with Crippen molar-refractivity contribution >= 4 is 23.8 Å². The van der Waals surface area contributed by atoms with Gasteiger partial charge >= 0.3 is 18.2 Å². The summed E-state index contributed by atoms with van der Waals surface area (Å²) in [7, 11) is 1.61. The highest BCUT2D eigenvalue weighted by molar-refractivity contribution is 6.06. The van der Waals surface area contributed by atoms with Crippen molar-refractivity contribution in [1.29, 1.82) is 0 Å². The quantitative estimate of drug-likeness (QED) is 0.377. The number of allylic oxidation sites excluding steroid dienone is 8. The molecule has 2 spiro atoms. The predicted octanol–water partition coefficient (Wildman–Crippen LogP) is 5.93. The zero-order valence-electron chi connectivity index (χ0n) is 26.9. The first-order valence-corrected chi connectivity index (χ1v) is 14.8. The summed E-state index contributed by atoms with van der Waals surface area (Å²) in [4.78, 5) is 32.6. The van der Waals surface area contributed by atoms with Crippen molar-refractivity contribution in [2.45, 2.75) is 58.3 Å². The number of nitrogens with zero attached hydrogens (tertiary/aromatic N) is 2. The van der Waals surface area contributed by atoms with Gasteiger partial charge in [-0.3, -0.25) is 0 Å². The highest BCUT2D eigenvalue weighted by Crippen LogP contribution is 2.56. The van der Waals surface area contributed by atoms with Crippen molar-refractivity contribution in [2.75, 3.05) is 40.1 Å². The molecule has 1 saturated heterocycles. The second-order valence-corrected chi connectivity index (χ2v) is 13.3. The average molecular weight is 617 g/mol. The highest BCUT2D eigenvalue weighted by atomic mass is 16.6. The van der Waals surface area contributed by atoms with Crippen LogP contribution in [0.25, 0.3) is 5.57 Å². The molecular formula is C35H40N2O8. The second kappa shape index (κ2) is 12.2. The van der Waals surface area contributed by atoms with Crippen molar-refractivity contribution < 1.29 is 38.0 Å². The summed E-state index contributed by atoms with van der Waals surface area (Å²) in [5, 5.41) is 0. The maximum absolute atomic E-state index is 13.4. The van der Waals surface area contributed by atoms with Gasteiger partial charge in [-0.1, -0.05) is 42.2 Å². The Kier molecular flexibility index (Phi) is 8.71. The van der Waals surface area contributed by atoms with Crippen LogP contribution in [-0.4, -0.2) is 74.5 Å². The van der Waals surface area contributed by atoms with E-state index in [1.165, 1.54) is 0 Å². The minimum atomic E-state index is -1.02. The number of rotatable bonds is 2. The van der Waals surface area contributed by atoms with Crippen molar-refractivity contribution in [3.63, 3.8) is 0 Å².